The van der Waals surface area contributed by atoms with Crippen LogP contribution in [-0.2, 0) is 0 Å². The quantitative estimate of drug-likeness (QED) is 0.520. The lowest BCUT2D eigenvalue weighted by Crippen LogP contribution is -1.85. The molecule has 0 unspecified atom stereocenters. The van der Waals surface area contributed by atoms with Crippen LogP contribution < -0.4 is 0 Å². The van der Waals surface area contributed by atoms with Crippen LogP contribution in [0, 0.1) is 0 Å². The second kappa shape index (κ2) is 9.54. The Kier molecular flexibility index (Phi) is 14.0. The van der Waals surface area contributed by atoms with E-state index < -0.39 is 0 Å². The van der Waals surface area contributed by atoms with Crippen LogP contribution >= 0.6 is 12.4 Å². The zero-order chi connectivity index (χ0) is 4.83. The van der Waals surface area contributed by atoms with Crippen LogP contribution in [0.2, 0.25) is 0 Å². The van der Waals surface area contributed by atoms with Gasteiger partial charge in [-0.25, -0.2) is 0 Å². The van der Waals surface area contributed by atoms with Crippen LogP contribution in [0.3, 0.4) is 0 Å². The minimum Gasteiger partial charge on any atom is -0.400 e. The lowest BCUT2D eigenvalue weighted by atomic mass is 10.0. The highest BCUT2D eigenvalue weighted by Crippen LogP contribution is 2.15. The fourth-order valence-corrected chi connectivity index (χ4v) is 0.250. The molecule has 0 bridgehead atoms. The summed E-state index contributed by atoms with van der Waals surface area (Å²) in [5.74, 6) is 0. The van der Waals surface area contributed by atoms with Crippen molar-refractivity contribution in [3.63, 3.8) is 0 Å². The Morgan fingerprint density at radius 1 is 0.857 bits per heavy atom. The minimum atomic E-state index is 0. The molecule has 0 aromatic rings. The van der Waals surface area contributed by atoms with E-state index in [9.17, 15) is 0 Å². The molecule has 0 atom stereocenters. The molecule has 46 valence electrons. The van der Waals surface area contributed by atoms with Gasteiger partial charge in [0.05, 0.1) is 0 Å². The Bertz CT molecular complexity index is 16.0. The Balaban J connectivity index is 0. The molecule has 7 heavy (non-hydrogen) atoms. The zero-order valence-corrected chi connectivity index (χ0v) is 5.50. The molecule has 1 rings (SSSR count). The number of aliphatic hydroxyl groups excluding tert-OH is 1. The van der Waals surface area contributed by atoms with Gasteiger partial charge in [0, 0.05) is 7.11 Å². The van der Waals surface area contributed by atoms with Gasteiger partial charge in [-0.1, -0.05) is 25.7 Å². The first-order valence-electron chi connectivity index (χ1n) is 2.45. The number of hydrogen-bond acceptors (Lipinski definition) is 1. The summed E-state index contributed by atoms with van der Waals surface area (Å²) in [5, 5.41) is 7.00. The van der Waals surface area contributed by atoms with Crippen LogP contribution in [0.15, 0.2) is 0 Å². The second-order valence-electron chi connectivity index (χ2n) is 1.41. The van der Waals surface area contributed by atoms with Gasteiger partial charge in [0.25, 0.3) is 0 Å². The molecule has 1 saturated carbocycles. The lowest BCUT2D eigenvalue weighted by Gasteiger charge is -2.05. The van der Waals surface area contributed by atoms with E-state index in [2.05, 4.69) is 0 Å². The Morgan fingerprint density at radius 2 is 1.00 bits per heavy atom. The number of rotatable bonds is 0. The predicted octanol–water partition coefficient (Wildman–Crippen LogP) is 1.59. The summed E-state index contributed by atoms with van der Waals surface area (Å²) in [4.78, 5) is 0. The monoisotopic (exact) mass is 124 g/mol. The highest BCUT2D eigenvalue weighted by molar-refractivity contribution is 5.85. The fraction of sp³-hybridized carbons (Fsp3) is 1.00. The first-order valence-corrected chi connectivity index (χ1v) is 2.45. The second-order valence-corrected chi connectivity index (χ2v) is 1.41. The van der Waals surface area contributed by atoms with Gasteiger partial charge in [-0.15, -0.1) is 12.4 Å². The fourth-order valence-electron chi connectivity index (χ4n) is 0.250. The zero-order valence-electron chi connectivity index (χ0n) is 4.68. The maximum Gasteiger partial charge on any atom is 0.0319 e. The molecule has 0 saturated heterocycles. The third kappa shape index (κ3) is 6.25. The Morgan fingerprint density at radius 3 is 1.00 bits per heavy atom. The molecule has 0 spiro atoms. The first kappa shape index (κ1) is 10.3. The molecule has 1 aliphatic carbocycles. The van der Waals surface area contributed by atoms with E-state index in [0.29, 0.717) is 0 Å². The van der Waals surface area contributed by atoms with E-state index in [0.717, 1.165) is 7.11 Å². The van der Waals surface area contributed by atoms with E-state index >= 15 is 0 Å². The van der Waals surface area contributed by atoms with Crippen molar-refractivity contribution in [3.8, 4) is 0 Å². The van der Waals surface area contributed by atoms with Gasteiger partial charge < -0.3 is 5.11 Å². The normalized spacial score (nSPS) is 14.6. The van der Waals surface area contributed by atoms with E-state index in [1.807, 2.05) is 0 Å². The van der Waals surface area contributed by atoms with Gasteiger partial charge in [-0.3, -0.25) is 0 Å². The van der Waals surface area contributed by atoms with Gasteiger partial charge in [-0.05, 0) is 0 Å². The largest absolute Gasteiger partial charge is 0.400 e. The van der Waals surface area contributed by atoms with Gasteiger partial charge in [0.1, 0.15) is 0 Å². The molecule has 2 heteroatoms. The molecule has 1 aliphatic rings. The summed E-state index contributed by atoms with van der Waals surface area (Å²) in [6, 6.07) is 0. The topological polar surface area (TPSA) is 20.2 Å². The molecule has 1 fully saturated rings. The van der Waals surface area contributed by atoms with E-state index in [1.54, 1.807) is 0 Å². The third-order valence-corrected chi connectivity index (χ3v) is 1.000. The molecule has 0 aromatic carbocycles. The van der Waals surface area contributed by atoms with Crippen LogP contribution in [0.25, 0.3) is 0 Å². The van der Waals surface area contributed by atoms with Gasteiger partial charge in [0.15, 0.2) is 0 Å². The van der Waals surface area contributed by atoms with Crippen molar-refractivity contribution in [1.82, 2.24) is 0 Å². The molecule has 1 N–H and O–H groups in total. The molecule has 0 heterocycles. The number of hydrogen-bond donors (Lipinski definition) is 1. The molecular weight excluding hydrogens is 112 g/mol. The summed E-state index contributed by atoms with van der Waals surface area (Å²) in [6.07, 6.45) is 6.00. The average molecular weight is 125 g/mol. The van der Waals surface area contributed by atoms with Gasteiger partial charge >= 0.3 is 0 Å². The summed E-state index contributed by atoms with van der Waals surface area (Å²) >= 11 is 0. The van der Waals surface area contributed by atoms with Crippen molar-refractivity contribution in [2.24, 2.45) is 0 Å². The highest BCUT2D eigenvalue weighted by Gasteiger charge is 1.95. The lowest BCUT2D eigenvalue weighted by molar-refractivity contribution is 0.399. The predicted molar refractivity (Wildman–Crippen MR) is 33.9 cm³/mol. The highest BCUT2D eigenvalue weighted by atomic mass is 35.5. The van der Waals surface area contributed by atoms with E-state index in [1.165, 1.54) is 25.7 Å². The van der Waals surface area contributed by atoms with Crippen molar-refractivity contribution in [2.75, 3.05) is 7.11 Å². The number of halogens is 1. The Hall–Kier alpha value is 0.250. The van der Waals surface area contributed by atoms with E-state index in [-0.39, 0.29) is 12.4 Å². The van der Waals surface area contributed by atoms with Crippen molar-refractivity contribution < 1.29 is 5.11 Å². The minimum absolute atomic E-state index is 0. The maximum atomic E-state index is 7.00. The van der Waals surface area contributed by atoms with Crippen LogP contribution in [-0.4, -0.2) is 12.2 Å². The van der Waals surface area contributed by atoms with Crippen molar-refractivity contribution in [2.45, 2.75) is 25.7 Å². The molecule has 0 aliphatic heterocycles. The maximum absolute atomic E-state index is 7.00. The smallest absolute Gasteiger partial charge is 0.0319 e. The van der Waals surface area contributed by atoms with Crippen LogP contribution in [0.1, 0.15) is 25.7 Å². The third-order valence-electron chi connectivity index (χ3n) is 1.000. The van der Waals surface area contributed by atoms with E-state index in [4.69, 9.17) is 5.11 Å². The summed E-state index contributed by atoms with van der Waals surface area (Å²) < 4.78 is 0. The van der Waals surface area contributed by atoms with Crippen molar-refractivity contribution >= 4 is 12.4 Å². The molecule has 0 aromatic heterocycles. The molecule has 1 nitrogen and oxygen atoms in total. The van der Waals surface area contributed by atoms with Gasteiger partial charge in [-0.2, -0.15) is 0 Å². The number of aliphatic hydroxyl groups is 1. The molecular formula is C5H13ClO. The summed E-state index contributed by atoms with van der Waals surface area (Å²) in [6.45, 7) is 0. The summed E-state index contributed by atoms with van der Waals surface area (Å²) in [5.41, 5.74) is 0. The van der Waals surface area contributed by atoms with Gasteiger partial charge in [0.2, 0.25) is 0 Å². The summed E-state index contributed by atoms with van der Waals surface area (Å²) in [7, 11) is 1.00. The molecule has 0 radical (unpaired) electrons. The Labute approximate surface area is 51.1 Å². The molecule has 0 amide bonds. The van der Waals surface area contributed by atoms with Crippen LogP contribution in [0.4, 0.5) is 0 Å². The van der Waals surface area contributed by atoms with Crippen molar-refractivity contribution in [3.05, 3.63) is 0 Å². The SMILES string of the molecule is C1CCC1.CO.Cl. The first-order chi connectivity index (χ1) is 3.00. The standard InChI is InChI=1S/C4H8.CH4O.ClH/c1-2-4-3-1;1-2;/h1-4H2;2H,1H3;1H. The van der Waals surface area contributed by atoms with Crippen LogP contribution in [0.5, 0.6) is 0 Å². The van der Waals surface area contributed by atoms with Crippen molar-refractivity contribution in [1.29, 1.82) is 0 Å². The average Bonchev–Trinajstić information content (AvgIpc) is 1.36.